The van der Waals surface area contributed by atoms with Crippen molar-refractivity contribution in [3.05, 3.63) is 51.8 Å². The smallest absolute Gasteiger partial charge is 0.261 e. The maximum Gasteiger partial charge on any atom is 0.261 e. The summed E-state index contributed by atoms with van der Waals surface area (Å²) in [6.45, 7) is 3.68. The van der Waals surface area contributed by atoms with Crippen LogP contribution in [0.1, 0.15) is 28.2 Å². The molecule has 1 aromatic carbocycles. The normalized spacial score (nSPS) is 17.2. The molecule has 1 aliphatic rings. The summed E-state index contributed by atoms with van der Waals surface area (Å²) in [7, 11) is 0. The Morgan fingerprint density at radius 2 is 2.08 bits per heavy atom. The summed E-state index contributed by atoms with van der Waals surface area (Å²) in [5.41, 5.74) is 5.77. The summed E-state index contributed by atoms with van der Waals surface area (Å²) in [4.78, 5) is 24.3. The fraction of sp³-hybridized carbons (Fsp3) is 0.294. The number of aromatic nitrogens is 2. The van der Waals surface area contributed by atoms with Crippen LogP contribution < -0.4 is 10.7 Å². The van der Waals surface area contributed by atoms with Gasteiger partial charge in [-0.1, -0.05) is 28.1 Å². The Bertz CT molecular complexity index is 841. The average molecular weight is 404 g/mol. The highest BCUT2D eigenvalue weighted by molar-refractivity contribution is 9.10. The molecule has 130 valence electrons. The van der Waals surface area contributed by atoms with Gasteiger partial charge in [-0.05, 0) is 37.6 Å². The number of nitrogens with one attached hydrogen (secondary N) is 2. The predicted octanol–water partition coefficient (Wildman–Crippen LogP) is 1.79. The van der Waals surface area contributed by atoms with E-state index in [2.05, 4.69) is 36.9 Å². The number of carbonyl (C=O) groups excluding carboxylic acids is 2. The molecule has 0 saturated carbocycles. The van der Waals surface area contributed by atoms with E-state index in [9.17, 15) is 9.59 Å². The summed E-state index contributed by atoms with van der Waals surface area (Å²) < 4.78 is 2.33. The molecular weight excluding hydrogens is 386 g/mol. The number of hydrogen-bond donors (Lipinski definition) is 2. The summed E-state index contributed by atoms with van der Waals surface area (Å²) in [5, 5.41) is 11.3. The van der Waals surface area contributed by atoms with Crippen LogP contribution in [0.3, 0.4) is 0 Å². The third-order valence-corrected chi connectivity index (χ3v) is 4.47. The highest BCUT2D eigenvalue weighted by Crippen LogP contribution is 2.15. The highest BCUT2D eigenvalue weighted by atomic mass is 79.9. The molecule has 1 aliphatic heterocycles. The van der Waals surface area contributed by atoms with Crippen molar-refractivity contribution in [1.82, 2.24) is 20.5 Å². The van der Waals surface area contributed by atoms with Gasteiger partial charge in [-0.3, -0.25) is 14.9 Å². The molecule has 25 heavy (non-hydrogen) atoms. The number of hydrogen-bond acceptors (Lipinski definition) is 5. The van der Waals surface area contributed by atoms with E-state index in [1.165, 1.54) is 4.68 Å². The first kappa shape index (κ1) is 17.5. The number of halogens is 1. The topological polar surface area (TPSA) is 88.4 Å². The fourth-order valence-corrected chi connectivity index (χ4v) is 2.95. The van der Waals surface area contributed by atoms with E-state index in [0.717, 1.165) is 27.1 Å². The van der Waals surface area contributed by atoms with E-state index in [1.54, 1.807) is 0 Å². The molecule has 7 nitrogen and oxygen atoms in total. The molecule has 0 saturated heterocycles. The van der Waals surface area contributed by atoms with Gasteiger partial charge in [0.05, 0.1) is 24.0 Å². The second-order valence-corrected chi connectivity index (χ2v) is 6.83. The van der Waals surface area contributed by atoms with Crippen LogP contribution >= 0.6 is 15.9 Å². The van der Waals surface area contributed by atoms with E-state index in [1.807, 2.05) is 44.2 Å². The first-order valence-electron chi connectivity index (χ1n) is 7.86. The molecule has 1 unspecified atom stereocenters. The van der Waals surface area contributed by atoms with E-state index in [0.29, 0.717) is 6.42 Å². The van der Waals surface area contributed by atoms with E-state index in [-0.39, 0.29) is 18.4 Å². The zero-order chi connectivity index (χ0) is 18.0. The molecule has 0 radical (unpaired) electrons. The molecule has 1 amide bonds. The number of nitrogens with zero attached hydrogens (tertiary/aromatic N) is 3. The lowest BCUT2D eigenvalue weighted by Crippen LogP contribution is -2.49. The van der Waals surface area contributed by atoms with Crippen molar-refractivity contribution < 1.29 is 9.59 Å². The lowest BCUT2D eigenvalue weighted by molar-refractivity contribution is -0.123. The van der Waals surface area contributed by atoms with Crippen LogP contribution in [0.15, 0.2) is 39.9 Å². The van der Waals surface area contributed by atoms with Crippen LogP contribution in [0.4, 0.5) is 0 Å². The van der Waals surface area contributed by atoms with Gasteiger partial charge in [-0.25, -0.2) is 10.1 Å². The summed E-state index contributed by atoms with van der Waals surface area (Å²) in [5.74, 6) is -0.451. The number of benzene rings is 1. The van der Waals surface area contributed by atoms with Gasteiger partial charge in [-0.2, -0.15) is 10.2 Å². The molecule has 2 heterocycles. The average Bonchev–Trinajstić information content (AvgIpc) is 2.93. The largest absolute Gasteiger partial charge is 0.297 e. The van der Waals surface area contributed by atoms with E-state index >= 15 is 0 Å². The molecule has 3 rings (SSSR count). The van der Waals surface area contributed by atoms with Crippen LogP contribution in [-0.4, -0.2) is 39.9 Å². The molecule has 8 heteroatoms. The third kappa shape index (κ3) is 4.02. The molecule has 0 spiro atoms. The van der Waals surface area contributed by atoms with Crippen molar-refractivity contribution in [3.8, 4) is 0 Å². The standard InChI is InChI=1S/C17H18BrN5O2/c1-10-7-11(2)23(22-10)16(24)9-19-15-8-14(20-21-17(15)25)12-3-5-13(18)6-4-12/h3-7,15,19H,8-9H2,1-2H3,(H,21,25). The minimum Gasteiger partial charge on any atom is -0.297 e. The van der Waals surface area contributed by atoms with Crippen molar-refractivity contribution in [2.45, 2.75) is 26.3 Å². The Morgan fingerprint density at radius 1 is 1.36 bits per heavy atom. The second kappa shape index (κ2) is 7.28. The molecule has 0 fully saturated rings. The summed E-state index contributed by atoms with van der Waals surface area (Å²) in [6.07, 6.45) is 0.415. The van der Waals surface area contributed by atoms with Gasteiger partial charge in [-0.15, -0.1) is 0 Å². The number of rotatable bonds is 4. The maximum atomic E-state index is 12.3. The lowest BCUT2D eigenvalue weighted by atomic mass is 10.0. The lowest BCUT2D eigenvalue weighted by Gasteiger charge is -2.22. The fourth-order valence-electron chi connectivity index (χ4n) is 2.69. The van der Waals surface area contributed by atoms with Crippen LogP contribution in [0.2, 0.25) is 0 Å². The van der Waals surface area contributed by atoms with Gasteiger partial charge >= 0.3 is 0 Å². The van der Waals surface area contributed by atoms with Gasteiger partial charge < -0.3 is 0 Å². The van der Waals surface area contributed by atoms with Gasteiger partial charge in [0.1, 0.15) is 0 Å². The molecule has 0 bridgehead atoms. The van der Waals surface area contributed by atoms with Gasteiger partial charge in [0.15, 0.2) is 0 Å². The van der Waals surface area contributed by atoms with Crippen LogP contribution in [0.5, 0.6) is 0 Å². The second-order valence-electron chi connectivity index (χ2n) is 5.91. The monoisotopic (exact) mass is 403 g/mol. The number of aryl methyl sites for hydroxylation is 2. The molecule has 2 N–H and O–H groups in total. The minimum atomic E-state index is -0.517. The van der Waals surface area contributed by atoms with E-state index < -0.39 is 6.04 Å². The van der Waals surface area contributed by atoms with Gasteiger partial charge in [0.2, 0.25) is 0 Å². The van der Waals surface area contributed by atoms with Crippen molar-refractivity contribution in [3.63, 3.8) is 0 Å². The van der Waals surface area contributed by atoms with Gasteiger partial charge in [0.25, 0.3) is 11.8 Å². The van der Waals surface area contributed by atoms with Crippen LogP contribution in [-0.2, 0) is 4.79 Å². The number of carbonyl (C=O) groups is 2. The zero-order valence-corrected chi connectivity index (χ0v) is 15.5. The van der Waals surface area contributed by atoms with Crippen molar-refractivity contribution in [2.75, 3.05) is 6.54 Å². The zero-order valence-electron chi connectivity index (χ0n) is 13.9. The Hall–Kier alpha value is -2.32. The van der Waals surface area contributed by atoms with Crippen molar-refractivity contribution in [2.24, 2.45) is 5.10 Å². The first-order valence-corrected chi connectivity index (χ1v) is 8.65. The minimum absolute atomic E-state index is 0.0215. The maximum absolute atomic E-state index is 12.3. The molecule has 2 aromatic rings. The van der Waals surface area contributed by atoms with Crippen LogP contribution in [0.25, 0.3) is 0 Å². The number of hydrazone groups is 1. The van der Waals surface area contributed by atoms with Crippen LogP contribution in [0, 0.1) is 13.8 Å². The van der Waals surface area contributed by atoms with Gasteiger partial charge in [0, 0.05) is 16.6 Å². The van der Waals surface area contributed by atoms with E-state index in [4.69, 9.17) is 0 Å². The highest BCUT2D eigenvalue weighted by Gasteiger charge is 2.26. The Morgan fingerprint density at radius 3 is 2.72 bits per heavy atom. The Balaban J connectivity index is 1.65. The molecule has 1 aromatic heterocycles. The Labute approximate surface area is 153 Å². The Kier molecular flexibility index (Phi) is 5.10. The summed E-state index contributed by atoms with van der Waals surface area (Å²) >= 11 is 3.39. The molecule has 0 aliphatic carbocycles. The molecule has 1 atom stereocenters. The number of amides is 1. The SMILES string of the molecule is Cc1cc(C)n(C(=O)CNC2CC(c3ccc(Br)cc3)=NNC2=O)n1. The summed E-state index contributed by atoms with van der Waals surface area (Å²) in [6, 6.07) is 9.02. The quantitative estimate of drug-likeness (QED) is 0.814. The van der Waals surface area contributed by atoms with Crippen molar-refractivity contribution >= 4 is 33.5 Å². The predicted molar refractivity (Wildman–Crippen MR) is 97.6 cm³/mol. The van der Waals surface area contributed by atoms with Crippen molar-refractivity contribution in [1.29, 1.82) is 0 Å². The third-order valence-electron chi connectivity index (χ3n) is 3.94. The molecular formula is C17H18BrN5O2. The first-order chi connectivity index (χ1) is 11.9.